The summed E-state index contributed by atoms with van der Waals surface area (Å²) in [5, 5.41) is 0. The lowest BCUT2D eigenvalue weighted by Gasteiger charge is -2.07. The number of pyridine rings is 1. The lowest BCUT2D eigenvalue weighted by Crippen LogP contribution is -2.01. The van der Waals surface area contributed by atoms with Gasteiger partial charge in [0.05, 0.1) is 0 Å². The molecule has 0 aliphatic rings. The number of ether oxygens (including phenoxy) is 1. The van der Waals surface area contributed by atoms with E-state index in [1.807, 2.05) is 36.4 Å². The summed E-state index contributed by atoms with van der Waals surface area (Å²) in [5.74, 6) is 1.36. The normalized spacial score (nSPS) is 10.1. The molecule has 0 atom stereocenters. The predicted molar refractivity (Wildman–Crippen MR) is 72.1 cm³/mol. The highest BCUT2D eigenvalue weighted by atomic mass is 127. The van der Waals surface area contributed by atoms with Crippen LogP contribution < -0.4 is 10.5 Å². The second-order valence-electron chi connectivity index (χ2n) is 3.29. The number of nitrogen functional groups attached to an aromatic ring is 1. The van der Waals surface area contributed by atoms with Crippen LogP contribution in [-0.2, 0) is 6.61 Å². The minimum Gasteiger partial charge on any atom is -0.489 e. The molecular formula is C12H11IN2O. The Morgan fingerprint density at radius 2 is 1.94 bits per heavy atom. The van der Waals surface area contributed by atoms with Crippen LogP contribution in [0.3, 0.4) is 0 Å². The first-order valence-corrected chi connectivity index (χ1v) is 5.91. The molecule has 2 aromatic rings. The Labute approximate surface area is 108 Å². The van der Waals surface area contributed by atoms with E-state index in [2.05, 4.69) is 27.6 Å². The molecule has 0 amide bonds. The van der Waals surface area contributed by atoms with Crippen molar-refractivity contribution in [1.29, 1.82) is 0 Å². The van der Waals surface area contributed by atoms with E-state index >= 15 is 0 Å². The molecule has 16 heavy (non-hydrogen) atoms. The van der Waals surface area contributed by atoms with Gasteiger partial charge in [-0.15, -0.1) is 0 Å². The summed E-state index contributed by atoms with van der Waals surface area (Å²) >= 11 is 2.26. The summed E-state index contributed by atoms with van der Waals surface area (Å²) in [6, 6.07) is 11.6. The van der Waals surface area contributed by atoms with Gasteiger partial charge in [0.2, 0.25) is 0 Å². The standard InChI is InChI=1S/C12H11IN2O/c13-10-3-5-11(6-4-10)16-8-9-2-1-7-15-12(9)14/h1-7H,8H2,(H2,14,15). The third-order valence-electron chi connectivity index (χ3n) is 2.13. The lowest BCUT2D eigenvalue weighted by molar-refractivity contribution is 0.306. The van der Waals surface area contributed by atoms with Crippen molar-refractivity contribution in [2.45, 2.75) is 6.61 Å². The molecule has 4 heteroatoms. The maximum atomic E-state index is 5.72. The Morgan fingerprint density at radius 3 is 2.62 bits per heavy atom. The molecule has 82 valence electrons. The summed E-state index contributed by atoms with van der Waals surface area (Å²) in [7, 11) is 0. The van der Waals surface area contributed by atoms with Gasteiger partial charge in [0.1, 0.15) is 18.2 Å². The van der Waals surface area contributed by atoms with E-state index in [0.717, 1.165) is 11.3 Å². The van der Waals surface area contributed by atoms with Gasteiger partial charge in [-0.2, -0.15) is 0 Å². The van der Waals surface area contributed by atoms with Crippen LogP contribution in [0.25, 0.3) is 0 Å². The van der Waals surface area contributed by atoms with Gasteiger partial charge in [-0.3, -0.25) is 0 Å². The molecule has 0 aliphatic carbocycles. The molecule has 0 aliphatic heterocycles. The minimum absolute atomic E-state index is 0.445. The van der Waals surface area contributed by atoms with E-state index < -0.39 is 0 Å². The van der Waals surface area contributed by atoms with Gasteiger partial charge >= 0.3 is 0 Å². The number of anilines is 1. The number of nitrogens with zero attached hydrogens (tertiary/aromatic N) is 1. The second-order valence-corrected chi connectivity index (χ2v) is 4.54. The van der Waals surface area contributed by atoms with E-state index in [9.17, 15) is 0 Å². The highest BCUT2D eigenvalue weighted by molar-refractivity contribution is 14.1. The average molecular weight is 326 g/mol. The SMILES string of the molecule is Nc1ncccc1COc1ccc(I)cc1. The zero-order valence-electron chi connectivity index (χ0n) is 8.56. The third-order valence-corrected chi connectivity index (χ3v) is 2.85. The van der Waals surface area contributed by atoms with Gasteiger partial charge in [0.25, 0.3) is 0 Å². The van der Waals surface area contributed by atoms with E-state index in [-0.39, 0.29) is 0 Å². The fourth-order valence-corrected chi connectivity index (χ4v) is 1.62. The van der Waals surface area contributed by atoms with Gasteiger partial charge in [-0.1, -0.05) is 6.07 Å². The van der Waals surface area contributed by atoms with E-state index in [1.165, 1.54) is 3.57 Å². The molecule has 0 unspecified atom stereocenters. The summed E-state index contributed by atoms with van der Waals surface area (Å²) in [6.45, 7) is 0.445. The van der Waals surface area contributed by atoms with E-state index in [1.54, 1.807) is 6.20 Å². The van der Waals surface area contributed by atoms with Gasteiger partial charge in [0, 0.05) is 15.3 Å². The predicted octanol–water partition coefficient (Wildman–Crippen LogP) is 2.85. The maximum Gasteiger partial charge on any atom is 0.129 e. The Bertz CT molecular complexity index is 471. The number of rotatable bonds is 3. The van der Waals surface area contributed by atoms with Crippen molar-refractivity contribution in [2.75, 3.05) is 5.73 Å². The Balaban J connectivity index is 2.02. The Morgan fingerprint density at radius 1 is 1.19 bits per heavy atom. The molecule has 0 saturated carbocycles. The molecule has 0 saturated heterocycles. The summed E-state index contributed by atoms with van der Waals surface area (Å²) in [5.41, 5.74) is 6.62. The van der Waals surface area contributed by atoms with Crippen LogP contribution >= 0.6 is 22.6 Å². The van der Waals surface area contributed by atoms with Crippen molar-refractivity contribution in [3.63, 3.8) is 0 Å². The summed E-state index contributed by atoms with van der Waals surface area (Å²) in [6.07, 6.45) is 1.67. The average Bonchev–Trinajstić information content (AvgIpc) is 2.30. The second kappa shape index (κ2) is 5.16. The van der Waals surface area contributed by atoms with Gasteiger partial charge < -0.3 is 10.5 Å². The topological polar surface area (TPSA) is 48.1 Å². The number of hydrogen-bond donors (Lipinski definition) is 1. The van der Waals surface area contributed by atoms with Gasteiger partial charge in [-0.05, 0) is 52.9 Å². The van der Waals surface area contributed by atoms with Crippen LogP contribution in [0.2, 0.25) is 0 Å². The van der Waals surface area contributed by atoms with Crippen molar-refractivity contribution in [3.05, 3.63) is 51.7 Å². The fourth-order valence-electron chi connectivity index (χ4n) is 1.26. The number of hydrogen-bond acceptors (Lipinski definition) is 3. The molecule has 1 aromatic heterocycles. The maximum absolute atomic E-state index is 5.72. The largest absolute Gasteiger partial charge is 0.489 e. The van der Waals surface area contributed by atoms with Crippen molar-refractivity contribution in [2.24, 2.45) is 0 Å². The van der Waals surface area contributed by atoms with Gasteiger partial charge in [-0.25, -0.2) is 4.98 Å². The monoisotopic (exact) mass is 326 g/mol. The first kappa shape index (κ1) is 11.2. The number of nitrogens with two attached hydrogens (primary N) is 1. The van der Waals surface area contributed by atoms with Crippen molar-refractivity contribution in [1.82, 2.24) is 4.98 Å². The first-order valence-electron chi connectivity index (χ1n) is 4.83. The molecule has 3 nitrogen and oxygen atoms in total. The molecule has 0 spiro atoms. The highest BCUT2D eigenvalue weighted by Crippen LogP contribution is 2.16. The fraction of sp³-hybridized carbons (Fsp3) is 0.0833. The number of aromatic nitrogens is 1. The number of benzene rings is 1. The summed E-state index contributed by atoms with van der Waals surface area (Å²) in [4.78, 5) is 4.00. The molecule has 0 fully saturated rings. The molecule has 1 aromatic carbocycles. The number of halogens is 1. The first-order chi connectivity index (χ1) is 7.75. The molecule has 1 heterocycles. The Hall–Kier alpha value is -1.30. The highest BCUT2D eigenvalue weighted by Gasteiger charge is 2.00. The summed E-state index contributed by atoms with van der Waals surface area (Å²) < 4.78 is 6.79. The van der Waals surface area contributed by atoms with Crippen LogP contribution in [0.1, 0.15) is 5.56 Å². The zero-order chi connectivity index (χ0) is 11.4. The van der Waals surface area contributed by atoms with Crippen LogP contribution in [0, 0.1) is 3.57 Å². The molecule has 0 radical (unpaired) electrons. The van der Waals surface area contributed by atoms with Crippen molar-refractivity contribution >= 4 is 28.4 Å². The smallest absolute Gasteiger partial charge is 0.129 e. The lowest BCUT2D eigenvalue weighted by atomic mass is 10.3. The quantitative estimate of drug-likeness (QED) is 0.883. The van der Waals surface area contributed by atoms with Crippen LogP contribution in [0.15, 0.2) is 42.6 Å². The van der Waals surface area contributed by atoms with Crippen molar-refractivity contribution in [3.8, 4) is 5.75 Å². The minimum atomic E-state index is 0.445. The van der Waals surface area contributed by atoms with E-state index in [4.69, 9.17) is 10.5 Å². The molecule has 0 bridgehead atoms. The van der Waals surface area contributed by atoms with Crippen molar-refractivity contribution < 1.29 is 4.74 Å². The molecule has 2 rings (SSSR count). The van der Waals surface area contributed by atoms with Gasteiger partial charge in [0.15, 0.2) is 0 Å². The molecule has 2 N–H and O–H groups in total. The third kappa shape index (κ3) is 2.85. The van der Waals surface area contributed by atoms with E-state index in [0.29, 0.717) is 12.4 Å². The molecular weight excluding hydrogens is 315 g/mol. The zero-order valence-corrected chi connectivity index (χ0v) is 10.7. The van der Waals surface area contributed by atoms with Crippen LogP contribution in [-0.4, -0.2) is 4.98 Å². The van der Waals surface area contributed by atoms with Crippen LogP contribution in [0.4, 0.5) is 5.82 Å². The Kier molecular flexibility index (Phi) is 3.61. The van der Waals surface area contributed by atoms with Crippen LogP contribution in [0.5, 0.6) is 5.75 Å².